The molecule has 0 amide bonds. The summed E-state index contributed by atoms with van der Waals surface area (Å²) in [6.45, 7) is 7.71. The van der Waals surface area contributed by atoms with Crippen LogP contribution in [0.1, 0.15) is 45.1 Å². The minimum Gasteiger partial charge on any atom is -0.472 e. The number of hydrogen-bond acceptors (Lipinski definition) is 3. The minimum absolute atomic E-state index is 0.617. The Morgan fingerprint density at radius 2 is 2.00 bits per heavy atom. The second-order valence-electron chi connectivity index (χ2n) is 5.39. The van der Waals surface area contributed by atoms with E-state index in [1.54, 1.807) is 6.26 Å². The predicted molar refractivity (Wildman–Crippen MR) is 76.6 cm³/mol. The van der Waals surface area contributed by atoms with E-state index in [0.29, 0.717) is 6.04 Å². The van der Waals surface area contributed by atoms with Crippen LogP contribution in [0.3, 0.4) is 0 Å². The SMILES string of the molecule is CC(C)NCCCCCCN(C)Cc1ccoc1. The summed E-state index contributed by atoms with van der Waals surface area (Å²) in [5.41, 5.74) is 1.26. The quantitative estimate of drug-likeness (QED) is 0.648. The smallest absolute Gasteiger partial charge is 0.0947 e. The molecule has 1 N–H and O–H groups in total. The lowest BCUT2D eigenvalue weighted by Crippen LogP contribution is -2.23. The van der Waals surface area contributed by atoms with Gasteiger partial charge in [0.25, 0.3) is 0 Å². The van der Waals surface area contributed by atoms with Crippen molar-refractivity contribution in [2.24, 2.45) is 0 Å². The van der Waals surface area contributed by atoms with E-state index in [1.807, 2.05) is 12.3 Å². The van der Waals surface area contributed by atoms with Crippen molar-refractivity contribution in [1.82, 2.24) is 10.2 Å². The van der Waals surface area contributed by atoms with Crippen molar-refractivity contribution in [3.8, 4) is 0 Å². The van der Waals surface area contributed by atoms with E-state index in [2.05, 4.69) is 31.1 Å². The fourth-order valence-corrected chi connectivity index (χ4v) is 2.02. The van der Waals surface area contributed by atoms with E-state index in [4.69, 9.17) is 4.42 Å². The first-order chi connectivity index (χ1) is 8.68. The molecule has 0 aromatic carbocycles. The average Bonchev–Trinajstić information content (AvgIpc) is 2.80. The van der Waals surface area contributed by atoms with E-state index in [9.17, 15) is 0 Å². The summed E-state index contributed by atoms with van der Waals surface area (Å²) in [6.07, 6.45) is 8.81. The van der Waals surface area contributed by atoms with Gasteiger partial charge < -0.3 is 14.6 Å². The summed E-state index contributed by atoms with van der Waals surface area (Å²) >= 11 is 0. The molecule has 3 heteroatoms. The molecule has 1 aromatic heterocycles. The third-order valence-corrected chi connectivity index (χ3v) is 3.05. The summed E-state index contributed by atoms with van der Waals surface area (Å²) in [5.74, 6) is 0. The van der Waals surface area contributed by atoms with Crippen LogP contribution in [0.25, 0.3) is 0 Å². The van der Waals surface area contributed by atoms with Crippen molar-refractivity contribution in [2.45, 2.75) is 52.1 Å². The molecule has 0 aliphatic heterocycles. The molecular weight excluding hydrogens is 224 g/mol. The molecule has 0 bridgehead atoms. The normalized spacial score (nSPS) is 11.6. The minimum atomic E-state index is 0.617. The predicted octanol–water partition coefficient (Wildman–Crippen LogP) is 3.27. The van der Waals surface area contributed by atoms with Gasteiger partial charge in [-0.1, -0.05) is 26.7 Å². The number of hydrogen-bond donors (Lipinski definition) is 1. The Morgan fingerprint density at radius 1 is 1.22 bits per heavy atom. The van der Waals surface area contributed by atoms with Gasteiger partial charge in [-0.2, -0.15) is 0 Å². The molecule has 104 valence electrons. The zero-order valence-electron chi connectivity index (χ0n) is 12.1. The van der Waals surface area contributed by atoms with E-state index < -0.39 is 0 Å². The monoisotopic (exact) mass is 252 g/mol. The number of unbranched alkanes of at least 4 members (excludes halogenated alkanes) is 3. The first kappa shape index (κ1) is 15.3. The Balaban J connectivity index is 1.91. The van der Waals surface area contributed by atoms with Gasteiger partial charge in [0.2, 0.25) is 0 Å². The first-order valence-electron chi connectivity index (χ1n) is 7.11. The number of furan rings is 1. The summed E-state index contributed by atoms with van der Waals surface area (Å²) in [5, 5.41) is 3.45. The van der Waals surface area contributed by atoms with Gasteiger partial charge in [0.05, 0.1) is 12.5 Å². The summed E-state index contributed by atoms with van der Waals surface area (Å²) in [6, 6.07) is 2.65. The van der Waals surface area contributed by atoms with Crippen LogP contribution >= 0.6 is 0 Å². The van der Waals surface area contributed by atoms with Gasteiger partial charge in [0, 0.05) is 18.2 Å². The van der Waals surface area contributed by atoms with Gasteiger partial charge in [-0.05, 0) is 39.0 Å². The highest BCUT2D eigenvalue weighted by molar-refractivity contribution is 5.04. The number of nitrogens with one attached hydrogen (secondary N) is 1. The van der Waals surface area contributed by atoms with Crippen molar-refractivity contribution in [2.75, 3.05) is 20.1 Å². The van der Waals surface area contributed by atoms with E-state index in [-0.39, 0.29) is 0 Å². The Bertz CT molecular complexity index is 283. The number of rotatable bonds is 10. The Morgan fingerprint density at radius 3 is 2.67 bits per heavy atom. The van der Waals surface area contributed by atoms with Gasteiger partial charge in [0.15, 0.2) is 0 Å². The fraction of sp³-hybridized carbons (Fsp3) is 0.733. The summed E-state index contributed by atoms with van der Waals surface area (Å²) < 4.78 is 5.07. The van der Waals surface area contributed by atoms with Crippen molar-refractivity contribution in [3.05, 3.63) is 24.2 Å². The van der Waals surface area contributed by atoms with Crippen LogP contribution in [0.2, 0.25) is 0 Å². The third-order valence-electron chi connectivity index (χ3n) is 3.05. The molecule has 0 spiro atoms. The number of nitrogens with zero attached hydrogens (tertiary/aromatic N) is 1. The molecule has 0 unspecified atom stereocenters. The summed E-state index contributed by atoms with van der Waals surface area (Å²) in [7, 11) is 2.17. The van der Waals surface area contributed by atoms with Crippen LogP contribution in [-0.4, -0.2) is 31.1 Å². The maximum Gasteiger partial charge on any atom is 0.0947 e. The zero-order chi connectivity index (χ0) is 13.2. The maximum absolute atomic E-state index is 5.07. The second kappa shape index (κ2) is 9.17. The standard InChI is InChI=1S/C15H28N2O/c1-14(2)16-9-6-4-5-7-10-17(3)12-15-8-11-18-13-15/h8,11,13-14,16H,4-7,9-10,12H2,1-3H3. The van der Waals surface area contributed by atoms with Crippen molar-refractivity contribution >= 4 is 0 Å². The van der Waals surface area contributed by atoms with Crippen molar-refractivity contribution in [1.29, 1.82) is 0 Å². The third kappa shape index (κ3) is 7.51. The van der Waals surface area contributed by atoms with Crippen molar-refractivity contribution in [3.63, 3.8) is 0 Å². The maximum atomic E-state index is 5.07. The summed E-state index contributed by atoms with van der Waals surface area (Å²) in [4.78, 5) is 2.36. The largest absolute Gasteiger partial charge is 0.472 e. The Kier molecular flexibility index (Phi) is 7.78. The van der Waals surface area contributed by atoms with Gasteiger partial charge in [-0.25, -0.2) is 0 Å². The molecular formula is C15H28N2O. The molecule has 0 fully saturated rings. The molecule has 0 saturated carbocycles. The van der Waals surface area contributed by atoms with Crippen molar-refractivity contribution < 1.29 is 4.42 Å². The molecule has 0 radical (unpaired) electrons. The molecule has 0 aliphatic rings. The zero-order valence-corrected chi connectivity index (χ0v) is 12.1. The lowest BCUT2D eigenvalue weighted by Gasteiger charge is -2.15. The highest BCUT2D eigenvalue weighted by atomic mass is 16.3. The lowest BCUT2D eigenvalue weighted by atomic mass is 10.2. The van der Waals surface area contributed by atoms with Crippen LogP contribution in [0.5, 0.6) is 0 Å². The molecule has 0 saturated heterocycles. The van der Waals surface area contributed by atoms with Crippen LogP contribution in [-0.2, 0) is 6.54 Å². The highest BCUT2D eigenvalue weighted by Gasteiger charge is 2.01. The molecule has 0 aliphatic carbocycles. The molecule has 1 heterocycles. The molecule has 1 aromatic rings. The first-order valence-corrected chi connectivity index (χ1v) is 7.11. The second-order valence-corrected chi connectivity index (χ2v) is 5.39. The Labute approximate surface area is 112 Å². The molecule has 1 rings (SSSR count). The molecule has 18 heavy (non-hydrogen) atoms. The van der Waals surface area contributed by atoms with Crippen LogP contribution in [0.4, 0.5) is 0 Å². The van der Waals surface area contributed by atoms with Gasteiger partial charge >= 0.3 is 0 Å². The van der Waals surface area contributed by atoms with Crippen LogP contribution in [0, 0.1) is 0 Å². The molecule has 0 atom stereocenters. The lowest BCUT2D eigenvalue weighted by molar-refractivity contribution is 0.315. The van der Waals surface area contributed by atoms with E-state index in [1.165, 1.54) is 37.8 Å². The van der Waals surface area contributed by atoms with E-state index >= 15 is 0 Å². The topological polar surface area (TPSA) is 28.4 Å². The van der Waals surface area contributed by atoms with Crippen LogP contribution in [0.15, 0.2) is 23.0 Å². The van der Waals surface area contributed by atoms with Crippen LogP contribution < -0.4 is 5.32 Å². The molecule has 3 nitrogen and oxygen atoms in total. The highest BCUT2D eigenvalue weighted by Crippen LogP contribution is 2.06. The fourth-order valence-electron chi connectivity index (χ4n) is 2.02. The van der Waals surface area contributed by atoms with E-state index in [0.717, 1.165) is 13.1 Å². The Hall–Kier alpha value is -0.800. The average molecular weight is 252 g/mol. The van der Waals surface area contributed by atoms with Gasteiger partial charge in [0.1, 0.15) is 0 Å². The van der Waals surface area contributed by atoms with Gasteiger partial charge in [-0.3, -0.25) is 0 Å². The van der Waals surface area contributed by atoms with Gasteiger partial charge in [-0.15, -0.1) is 0 Å².